The summed E-state index contributed by atoms with van der Waals surface area (Å²) in [6, 6.07) is 5.64. The molecule has 6 heterocycles. The highest BCUT2D eigenvalue weighted by molar-refractivity contribution is 5.81. The van der Waals surface area contributed by atoms with Gasteiger partial charge in [0.05, 0.1) is 41.1 Å². The maximum atomic E-state index is 13.6. The molecule has 0 atom stereocenters. The first-order valence-electron chi connectivity index (χ1n) is 12.1. The summed E-state index contributed by atoms with van der Waals surface area (Å²) in [4.78, 5) is 26.4. The number of rotatable bonds is 7. The molecule has 192 valence electrons. The molecule has 0 unspecified atom stereocenters. The van der Waals surface area contributed by atoms with Gasteiger partial charge in [-0.25, -0.2) is 14.4 Å². The minimum atomic E-state index is -4.84. The van der Waals surface area contributed by atoms with E-state index < -0.39 is 17.6 Å². The fourth-order valence-electron chi connectivity index (χ4n) is 4.54. The molecule has 0 aliphatic carbocycles. The van der Waals surface area contributed by atoms with E-state index in [9.17, 15) is 18.0 Å². The Morgan fingerprint density at radius 3 is 2.76 bits per heavy atom. The molecule has 0 N–H and O–H groups in total. The summed E-state index contributed by atoms with van der Waals surface area (Å²) in [5.74, 6) is -1.52. The number of hydrogen-bond donors (Lipinski definition) is 0. The van der Waals surface area contributed by atoms with Crippen molar-refractivity contribution >= 4 is 28.6 Å². The second-order valence-electron chi connectivity index (χ2n) is 9.01. The van der Waals surface area contributed by atoms with Crippen LogP contribution in [0.4, 0.5) is 13.2 Å². The van der Waals surface area contributed by atoms with E-state index in [1.165, 1.54) is 0 Å². The number of pyridine rings is 2. The third-order valence-electron chi connectivity index (χ3n) is 6.35. The van der Waals surface area contributed by atoms with E-state index in [-0.39, 0.29) is 11.1 Å². The van der Waals surface area contributed by atoms with Crippen LogP contribution in [0.2, 0.25) is 0 Å². The summed E-state index contributed by atoms with van der Waals surface area (Å²) in [7, 11) is 0. The molecule has 1 aliphatic rings. The van der Waals surface area contributed by atoms with Gasteiger partial charge in [0.15, 0.2) is 5.36 Å². The summed E-state index contributed by atoms with van der Waals surface area (Å²) in [6.45, 7) is 2.83. The van der Waals surface area contributed by atoms with Crippen LogP contribution in [0.15, 0.2) is 52.8 Å². The van der Waals surface area contributed by atoms with Gasteiger partial charge in [0, 0.05) is 30.2 Å². The smallest absolute Gasteiger partial charge is 0.268 e. The van der Waals surface area contributed by atoms with Crippen molar-refractivity contribution in [2.75, 3.05) is 0 Å². The predicted octanol–water partition coefficient (Wildman–Crippen LogP) is 2.62. The molecule has 0 fully saturated rings. The van der Waals surface area contributed by atoms with Gasteiger partial charge in [-0.3, -0.25) is 14.6 Å². The highest BCUT2D eigenvalue weighted by Gasteiger charge is 2.44. The molecule has 5 aromatic heterocycles. The van der Waals surface area contributed by atoms with Gasteiger partial charge in [-0.05, 0) is 35.3 Å². The maximum Gasteiger partial charge on any atom is 0.468 e. The van der Waals surface area contributed by atoms with Crippen LogP contribution in [-0.2, 0) is 19.3 Å². The molecular formula is C25H21F3N9O+. The Kier molecular flexibility index (Phi) is 5.69. The number of aryl methyl sites for hydroxylation is 1. The summed E-state index contributed by atoms with van der Waals surface area (Å²) < 4.78 is 44.6. The Balaban J connectivity index is 1.38. The lowest BCUT2D eigenvalue weighted by atomic mass is 10.2. The fraction of sp³-hybridized carbons (Fsp3) is 0.280. The largest absolute Gasteiger partial charge is 0.468 e. The lowest BCUT2D eigenvalue weighted by Gasteiger charge is -2.05. The normalized spacial score (nSPS) is 13.2. The van der Waals surface area contributed by atoms with Crippen molar-refractivity contribution in [3.63, 3.8) is 0 Å². The highest BCUT2D eigenvalue weighted by atomic mass is 19.4. The minimum absolute atomic E-state index is 0.0770. The number of aromatic nitrogens is 8. The van der Waals surface area contributed by atoms with Crippen LogP contribution in [0, 0.1) is 0 Å². The van der Waals surface area contributed by atoms with Gasteiger partial charge in [-0.15, -0.1) is 4.40 Å². The van der Waals surface area contributed by atoms with Crippen LogP contribution >= 0.6 is 0 Å². The topological polar surface area (TPSA) is 107 Å². The highest BCUT2D eigenvalue weighted by Crippen LogP contribution is 2.27. The van der Waals surface area contributed by atoms with E-state index in [0.717, 1.165) is 29.4 Å². The predicted molar refractivity (Wildman–Crippen MR) is 129 cm³/mol. The van der Waals surface area contributed by atoms with Gasteiger partial charge >= 0.3 is 23.3 Å². The molecule has 0 aromatic carbocycles. The van der Waals surface area contributed by atoms with Crippen molar-refractivity contribution in [2.45, 2.75) is 45.5 Å². The summed E-state index contributed by atoms with van der Waals surface area (Å²) in [5.41, 5.74) is 3.02. The molecule has 0 saturated heterocycles. The van der Waals surface area contributed by atoms with Crippen molar-refractivity contribution in [1.29, 1.82) is 0 Å². The Morgan fingerprint density at radius 2 is 1.95 bits per heavy atom. The van der Waals surface area contributed by atoms with Gasteiger partial charge in [0.25, 0.3) is 0 Å². The van der Waals surface area contributed by atoms with E-state index in [1.54, 1.807) is 40.1 Å². The van der Waals surface area contributed by atoms with E-state index in [1.807, 2.05) is 25.1 Å². The first-order chi connectivity index (χ1) is 18.3. The van der Waals surface area contributed by atoms with Crippen molar-refractivity contribution in [1.82, 2.24) is 34.3 Å². The van der Waals surface area contributed by atoms with Crippen LogP contribution < -0.4 is 15.5 Å². The maximum absolute atomic E-state index is 13.6. The van der Waals surface area contributed by atoms with Crippen LogP contribution in [0.1, 0.15) is 48.8 Å². The zero-order valence-corrected chi connectivity index (χ0v) is 20.2. The molecule has 0 spiro atoms. The van der Waals surface area contributed by atoms with Gasteiger partial charge < -0.3 is 0 Å². The first kappa shape index (κ1) is 23.8. The van der Waals surface area contributed by atoms with E-state index in [4.69, 9.17) is 0 Å². The third kappa shape index (κ3) is 4.09. The van der Waals surface area contributed by atoms with Crippen molar-refractivity contribution < 1.29 is 17.7 Å². The number of hydrogen-bond acceptors (Lipinski definition) is 7. The minimum Gasteiger partial charge on any atom is -0.268 e. The van der Waals surface area contributed by atoms with Crippen LogP contribution in [0.5, 0.6) is 0 Å². The van der Waals surface area contributed by atoms with Crippen LogP contribution in [0.25, 0.3) is 28.6 Å². The van der Waals surface area contributed by atoms with Crippen molar-refractivity contribution in [3.05, 3.63) is 81.3 Å². The number of alkyl halides is 3. The van der Waals surface area contributed by atoms with E-state index in [0.29, 0.717) is 40.9 Å². The Morgan fingerprint density at radius 1 is 1.08 bits per heavy atom. The average molecular weight is 520 g/mol. The fourth-order valence-corrected chi connectivity index (χ4v) is 4.54. The quantitative estimate of drug-likeness (QED) is 0.241. The number of fused-ring (bicyclic) bond motifs is 3. The van der Waals surface area contributed by atoms with Gasteiger partial charge in [-0.2, -0.15) is 18.3 Å². The molecule has 5 aromatic rings. The van der Waals surface area contributed by atoms with E-state index >= 15 is 0 Å². The number of halogens is 3. The molecule has 10 nitrogen and oxygen atoms in total. The summed E-state index contributed by atoms with van der Waals surface area (Å²) in [6.07, 6.45) is 6.17. The lowest BCUT2D eigenvalue weighted by Crippen LogP contribution is -2.51. The lowest BCUT2D eigenvalue weighted by molar-refractivity contribution is -0.679. The Bertz CT molecular complexity index is 1840. The van der Waals surface area contributed by atoms with Crippen molar-refractivity contribution in [3.8, 4) is 0 Å². The SMILES string of the molecule is CCCCC[n+]1c2c(c(=O)n3c(C(F)(F)F)nnc31)=NC(c1cnn(Cc3cnc4cccnc4c3)c1)=C2. The van der Waals surface area contributed by atoms with Crippen LogP contribution in [-0.4, -0.2) is 34.3 Å². The van der Waals surface area contributed by atoms with Crippen LogP contribution in [0.3, 0.4) is 0 Å². The molecule has 38 heavy (non-hydrogen) atoms. The molecule has 1 aliphatic heterocycles. The van der Waals surface area contributed by atoms with Gasteiger partial charge in [0.1, 0.15) is 5.69 Å². The molecular weight excluding hydrogens is 499 g/mol. The number of nitrogens with zero attached hydrogens (tertiary/aromatic N) is 9. The van der Waals surface area contributed by atoms with E-state index in [2.05, 4.69) is 30.3 Å². The monoisotopic (exact) mass is 520 g/mol. The first-order valence-corrected chi connectivity index (χ1v) is 12.1. The standard InChI is InChI=1S/C25H21F3N9O/c1-2-3-4-8-36-20-10-18(32-21(20)22(38)37-23(25(26,27)28)33-34-24(36)37)16-12-31-35(14-16)13-15-9-19-17(30-11-15)6-5-7-29-19/h5-7,9-12,14H,2-4,8,13H2,1H3/q+1. The van der Waals surface area contributed by atoms with Gasteiger partial charge in [-0.1, -0.05) is 19.8 Å². The number of unbranched alkanes of at least 4 members (excludes halogenated alkanes) is 2. The molecule has 13 heteroatoms. The molecule has 0 bridgehead atoms. The Hall–Kier alpha value is -4.55. The zero-order valence-electron chi connectivity index (χ0n) is 20.2. The summed E-state index contributed by atoms with van der Waals surface area (Å²) in [5, 5.41) is 11.3. The average Bonchev–Trinajstić information content (AvgIpc) is 3.64. The molecule has 0 radical (unpaired) electrons. The molecule has 0 saturated carbocycles. The Labute approximate surface area is 212 Å². The van der Waals surface area contributed by atoms with Crippen molar-refractivity contribution in [2.24, 2.45) is 4.99 Å². The second-order valence-corrected chi connectivity index (χ2v) is 9.01. The second kappa shape index (κ2) is 9.08. The molecule has 6 rings (SSSR count). The third-order valence-corrected chi connectivity index (χ3v) is 6.35. The molecule has 0 amide bonds. The van der Waals surface area contributed by atoms with Gasteiger partial charge in [0.2, 0.25) is 0 Å². The zero-order chi connectivity index (χ0) is 26.4. The summed E-state index contributed by atoms with van der Waals surface area (Å²) >= 11 is 0.